The number of nitrogens with zero attached hydrogens (tertiary/aromatic N) is 1. The zero-order valence-electron chi connectivity index (χ0n) is 11.7. The van der Waals surface area contributed by atoms with E-state index in [1.54, 1.807) is 0 Å². The molecule has 1 heterocycles. The summed E-state index contributed by atoms with van der Waals surface area (Å²) in [4.78, 5) is 23.7. The van der Waals surface area contributed by atoms with E-state index >= 15 is 0 Å². The highest BCUT2D eigenvalue weighted by atomic mass is 16.5. The van der Waals surface area contributed by atoms with E-state index in [1.807, 2.05) is 30.3 Å². The van der Waals surface area contributed by atoms with Gasteiger partial charge in [-0.15, -0.1) is 0 Å². The molecule has 21 heavy (non-hydrogen) atoms. The van der Waals surface area contributed by atoms with Crippen molar-refractivity contribution < 1.29 is 24.5 Å². The smallest absolute Gasteiger partial charge is 0.407 e. The summed E-state index contributed by atoms with van der Waals surface area (Å²) in [6.45, 7) is 0.926. The fourth-order valence-electron chi connectivity index (χ4n) is 2.48. The number of piperidine rings is 1. The molecule has 0 spiro atoms. The van der Waals surface area contributed by atoms with E-state index in [1.165, 1.54) is 4.90 Å². The Balaban J connectivity index is 1.91. The van der Waals surface area contributed by atoms with E-state index < -0.39 is 17.5 Å². The predicted octanol–water partition coefficient (Wildman–Crippen LogP) is 2.05. The Bertz CT molecular complexity index is 494. The van der Waals surface area contributed by atoms with Gasteiger partial charge in [-0.3, -0.25) is 4.79 Å². The van der Waals surface area contributed by atoms with E-state index in [9.17, 15) is 14.7 Å². The molecule has 1 aliphatic heterocycles. The van der Waals surface area contributed by atoms with Gasteiger partial charge in [-0.05, 0) is 18.4 Å². The van der Waals surface area contributed by atoms with Crippen molar-refractivity contribution in [1.82, 2.24) is 4.90 Å². The molecule has 1 aliphatic rings. The predicted molar refractivity (Wildman–Crippen MR) is 75.0 cm³/mol. The van der Waals surface area contributed by atoms with Crippen LogP contribution in [0.1, 0.15) is 18.4 Å². The maximum atomic E-state index is 11.5. The van der Waals surface area contributed by atoms with E-state index in [0.717, 1.165) is 5.56 Å². The van der Waals surface area contributed by atoms with Crippen LogP contribution >= 0.6 is 0 Å². The topological polar surface area (TPSA) is 87.1 Å². The highest BCUT2D eigenvalue weighted by Gasteiger charge is 2.42. The third-order valence-electron chi connectivity index (χ3n) is 3.93. The molecular weight excluding hydrogens is 274 g/mol. The quantitative estimate of drug-likeness (QED) is 0.867. The molecule has 0 saturated carbocycles. The normalized spacial score (nSPS) is 17.4. The fourth-order valence-corrected chi connectivity index (χ4v) is 2.48. The second kappa shape index (κ2) is 6.58. The first-order valence-corrected chi connectivity index (χ1v) is 6.86. The lowest BCUT2D eigenvalue weighted by Gasteiger charge is -2.37. The zero-order chi connectivity index (χ0) is 15.3. The van der Waals surface area contributed by atoms with Gasteiger partial charge < -0.3 is 19.8 Å². The van der Waals surface area contributed by atoms with Gasteiger partial charge in [0.25, 0.3) is 0 Å². The number of carboxylic acid groups (broad SMARTS) is 2. The Morgan fingerprint density at radius 3 is 2.29 bits per heavy atom. The number of hydrogen-bond donors (Lipinski definition) is 2. The maximum absolute atomic E-state index is 11.5. The van der Waals surface area contributed by atoms with Crippen molar-refractivity contribution in [3.8, 4) is 0 Å². The molecule has 0 unspecified atom stereocenters. The number of likely N-dealkylation sites (tertiary alicyclic amines) is 1. The van der Waals surface area contributed by atoms with Crippen molar-refractivity contribution in [2.45, 2.75) is 19.4 Å². The molecule has 6 nitrogen and oxygen atoms in total. The monoisotopic (exact) mass is 293 g/mol. The molecule has 1 saturated heterocycles. The van der Waals surface area contributed by atoms with Gasteiger partial charge in [0.1, 0.15) is 0 Å². The summed E-state index contributed by atoms with van der Waals surface area (Å²) >= 11 is 0. The Morgan fingerprint density at radius 1 is 1.14 bits per heavy atom. The standard InChI is InChI=1S/C15H19NO5/c17-13(18)15(6-8-16(9-7-15)14(19)20)11-21-10-12-4-2-1-3-5-12/h1-5H,6-11H2,(H,17,18)(H,19,20). The van der Waals surface area contributed by atoms with Gasteiger partial charge >= 0.3 is 12.1 Å². The summed E-state index contributed by atoms with van der Waals surface area (Å²) in [5.74, 6) is -0.916. The summed E-state index contributed by atoms with van der Waals surface area (Å²) in [5, 5.41) is 18.4. The Kier molecular flexibility index (Phi) is 4.80. The third-order valence-corrected chi connectivity index (χ3v) is 3.93. The van der Waals surface area contributed by atoms with Crippen LogP contribution in [-0.2, 0) is 16.1 Å². The second-order valence-electron chi connectivity index (χ2n) is 5.33. The summed E-state index contributed by atoms with van der Waals surface area (Å²) in [7, 11) is 0. The van der Waals surface area contributed by atoms with Crippen molar-refractivity contribution in [2.24, 2.45) is 5.41 Å². The first kappa shape index (κ1) is 15.3. The van der Waals surface area contributed by atoms with Gasteiger partial charge in [-0.2, -0.15) is 0 Å². The molecule has 6 heteroatoms. The lowest BCUT2D eigenvalue weighted by molar-refractivity contribution is -0.157. The SMILES string of the molecule is O=C(O)N1CCC(COCc2ccccc2)(C(=O)O)CC1. The van der Waals surface area contributed by atoms with Crippen molar-refractivity contribution in [2.75, 3.05) is 19.7 Å². The molecule has 0 radical (unpaired) electrons. The molecule has 0 bridgehead atoms. The van der Waals surface area contributed by atoms with Crippen LogP contribution in [0, 0.1) is 5.41 Å². The molecule has 0 aliphatic carbocycles. The molecular formula is C15H19NO5. The van der Waals surface area contributed by atoms with Crippen LogP contribution in [0.3, 0.4) is 0 Å². The Hall–Kier alpha value is -2.08. The van der Waals surface area contributed by atoms with Crippen molar-refractivity contribution in [3.63, 3.8) is 0 Å². The third kappa shape index (κ3) is 3.72. The van der Waals surface area contributed by atoms with Crippen molar-refractivity contribution in [1.29, 1.82) is 0 Å². The molecule has 0 atom stereocenters. The zero-order valence-corrected chi connectivity index (χ0v) is 11.7. The molecule has 2 N–H and O–H groups in total. The molecule has 2 rings (SSSR count). The number of carbonyl (C=O) groups is 2. The van der Waals surface area contributed by atoms with Crippen LogP contribution < -0.4 is 0 Å². The van der Waals surface area contributed by atoms with Gasteiger partial charge in [0.05, 0.1) is 18.6 Å². The van der Waals surface area contributed by atoms with Gasteiger partial charge in [0.2, 0.25) is 0 Å². The van der Waals surface area contributed by atoms with Gasteiger partial charge in [-0.1, -0.05) is 30.3 Å². The summed E-state index contributed by atoms with van der Waals surface area (Å²) in [6.07, 6.45) is -0.438. The van der Waals surface area contributed by atoms with Crippen LogP contribution in [-0.4, -0.2) is 46.9 Å². The highest BCUT2D eigenvalue weighted by molar-refractivity contribution is 5.75. The number of amides is 1. The number of benzene rings is 1. The number of aliphatic carboxylic acids is 1. The first-order valence-electron chi connectivity index (χ1n) is 6.86. The maximum Gasteiger partial charge on any atom is 0.407 e. The lowest BCUT2D eigenvalue weighted by Crippen LogP contribution is -2.48. The van der Waals surface area contributed by atoms with Crippen molar-refractivity contribution in [3.05, 3.63) is 35.9 Å². The minimum absolute atomic E-state index is 0.102. The van der Waals surface area contributed by atoms with Crippen LogP contribution in [0.2, 0.25) is 0 Å². The molecule has 114 valence electrons. The number of carboxylic acids is 1. The molecule has 1 aromatic rings. The van der Waals surface area contributed by atoms with Crippen LogP contribution in [0.5, 0.6) is 0 Å². The number of rotatable bonds is 5. The molecule has 0 aromatic heterocycles. The fraction of sp³-hybridized carbons (Fsp3) is 0.467. The van der Waals surface area contributed by atoms with Crippen molar-refractivity contribution >= 4 is 12.1 Å². The van der Waals surface area contributed by atoms with Gasteiger partial charge in [0.15, 0.2) is 0 Å². The molecule has 1 amide bonds. The second-order valence-corrected chi connectivity index (χ2v) is 5.33. The van der Waals surface area contributed by atoms with E-state index in [4.69, 9.17) is 9.84 Å². The average molecular weight is 293 g/mol. The Morgan fingerprint density at radius 2 is 1.76 bits per heavy atom. The number of ether oxygens (including phenoxy) is 1. The summed E-state index contributed by atoms with van der Waals surface area (Å²) < 4.78 is 5.57. The minimum atomic E-state index is -1.00. The minimum Gasteiger partial charge on any atom is -0.481 e. The van der Waals surface area contributed by atoms with E-state index in [0.29, 0.717) is 6.61 Å². The number of hydrogen-bond acceptors (Lipinski definition) is 3. The van der Waals surface area contributed by atoms with Crippen LogP contribution in [0.15, 0.2) is 30.3 Å². The Labute approximate surface area is 122 Å². The first-order chi connectivity index (χ1) is 10.0. The largest absolute Gasteiger partial charge is 0.481 e. The van der Waals surface area contributed by atoms with E-state index in [-0.39, 0.29) is 32.5 Å². The summed E-state index contributed by atoms with van der Waals surface area (Å²) in [5.41, 5.74) is 0.00166. The lowest BCUT2D eigenvalue weighted by atomic mass is 9.79. The summed E-state index contributed by atoms with van der Waals surface area (Å²) in [6, 6.07) is 9.54. The highest BCUT2D eigenvalue weighted by Crippen LogP contribution is 2.32. The van der Waals surface area contributed by atoms with Gasteiger partial charge in [0, 0.05) is 13.1 Å². The average Bonchev–Trinajstić information content (AvgIpc) is 2.48. The molecule has 1 aromatic carbocycles. The van der Waals surface area contributed by atoms with Crippen LogP contribution in [0.25, 0.3) is 0 Å². The van der Waals surface area contributed by atoms with E-state index in [2.05, 4.69) is 0 Å². The molecule has 1 fully saturated rings. The van der Waals surface area contributed by atoms with Gasteiger partial charge in [-0.25, -0.2) is 4.79 Å². The van der Waals surface area contributed by atoms with Crippen LogP contribution in [0.4, 0.5) is 4.79 Å².